The van der Waals surface area contributed by atoms with Gasteiger partial charge in [0.2, 0.25) is 0 Å². The molecule has 0 spiro atoms. The van der Waals surface area contributed by atoms with Gasteiger partial charge >= 0.3 is 0 Å². The molecule has 0 aliphatic carbocycles. The van der Waals surface area contributed by atoms with Gasteiger partial charge in [0.15, 0.2) is 0 Å². The van der Waals surface area contributed by atoms with Crippen LogP contribution in [0.3, 0.4) is 0 Å². The van der Waals surface area contributed by atoms with E-state index in [0.717, 1.165) is 6.42 Å². The summed E-state index contributed by atoms with van der Waals surface area (Å²) in [6.07, 6.45) is 8.96. The average Bonchev–Trinajstić information content (AvgIpc) is 2.40. The Labute approximate surface area is 102 Å². The van der Waals surface area contributed by atoms with E-state index in [1.165, 1.54) is 42.1 Å². The Bertz CT molecular complexity index is 501. The van der Waals surface area contributed by atoms with Crippen LogP contribution in [-0.2, 0) is 6.42 Å². The van der Waals surface area contributed by atoms with Crippen molar-refractivity contribution < 1.29 is 0 Å². The molecule has 3 rings (SSSR count). The first-order chi connectivity index (χ1) is 8.42. The molecule has 2 heterocycles. The van der Waals surface area contributed by atoms with Crippen molar-refractivity contribution in [2.45, 2.75) is 31.7 Å². The summed E-state index contributed by atoms with van der Waals surface area (Å²) in [5, 5.41) is 6.13. The number of hydrogen-bond donors (Lipinski definition) is 1. The van der Waals surface area contributed by atoms with Crippen LogP contribution in [0.15, 0.2) is 36.7 Å². The van der Waals surface area contributed by atoms with E-state index in [1.54, 1.807) is 0 Å². The van der Waals surface area contributed by atoms with Crippen molar-refractivity contribution in [1.82, 2.24) is 10.3 Å². The fraction of sp³-hybridized carbons (Fsp3) is 0.400. The maximum Gasteiger partial charge on any atom is 0.0346 e. The molecular formula is C15H18N2. The molecule has 2 aromatic rings. The number of aromatic nitrogens is 1. The number of piperidine rings is 1. The molecule has 1 N–H and O–H groups in total. The fourth-order valence-electron chi connectivity index (χ4n) is 2.64. The molecule has 2 heteroatoms. The number of rotatable bonds is 2. The van der Waals surface area contributed by atoms with Gasteiger partial charge in [0, 0.05) is 23.8 Å². The quantitative estimate of drug-likeness (QED) is 0.851. The Morgan fingerprint density at radius 2 is 2.18 bits per heavy atom. The molecule has 1 aromatic carbocycles. The van der Waals surface area contributed by atoms with E-state index in [0.29, 0.717) is 6.04 Å². The number of pyridine rings is 1. The van der Waals surface area contributed by atoms with Gasteiger partial charge in [0.05, 0.1) is 0 Å². The third-order valence-electron chi connectivity index (χ3n) is 3.60. The second-order valence-corrected chi connectivity index (χ2v) is 4.91. The standard InChI is InChI=1S/C15H18N2/c1-2-7-17-15(3-1)10-12-4-5-14-11-16-8-6-13(14)9-12/h4-6,8-9,11,15,17H,1-3,7,10H2. The summed E-state index contributed by atoms with van der Waals surface area (Å²) in [6.45, 7) is 1.18. The van der Waals surface area contributed by atoms with Gasteiger partial charge < -0.3 is 5.32 Å². The summed E-state index contributed by atoms with van der Waals surface area (Å²) >= 11 is 0. The zero-order valence-electron chi connectivity index (χ0n) is 10.0. The van der Waals surface area contributed by atoms with Crippen molar-refractivity contribution >= 4 is 10.8 Å². The molecule has 0 saturated carbocycles. The third kappa shape index (κ3) is 2.47. The predicted molar refractivity (Wildman–Crippen MR) is 71.1 cm³/mol. The zero-order valence-corrected chi connectivity index (χ0v) is 10.0. The van der Waals surface area contributed by atoms with Crippen LogP contribution < -0.4 is 5.32 Å². The average molecular weight is 226 g/mol. The largest absolute Gasteiger partial charge is 0.314 e. The van der Waals surface area contributed by atoms with Gasteiger partial charge in [-0.15, -0.1) is 0 Å². The van der Waals surface area contributed by atoms with Crippen LogP contribution in [-0.4, -0.2) is 17.6 Å². The van der Waals surface area contributed by atoms with E-state index < -0.39 is 0 Å². The summed E-state index contributed by atoms with van der Waals surface area (Å²) < 4.78 is 0. The predicted octanol–water partition coefficient (Wildman–Crippen LogP) is 2.92. The lowest BCUT2D eigenvalue weighted by Crippen LogP contribution is -2.35. The lowest BCUT2D eigenvalue weighted by molar-refractivity contribution is 0.399. The van der Waals surface area contributed by atoms with Crippen molar-refractivity contribution in [2.75, 3.05) is 6.54 Å². The van der Waals surface area contributed by atoms with Crippen LogP contribution in [0.4, 0.5) is 0 Å². The molecule has 1 aliphatic heterocycles. The Morgan fingerprint density at radius 1 is 1.18 bits per heavy atom. The molecule has 0 radical (unpaired) electrons. The highest BCUT2D eigenvalue weighted by molar-refractivity contribution is 5.82. The van der Waals surface area contributed by atoms with Gasteiger partial charge in [-0.05, 0) is 42.8 Å². The highest BCUT2D eigenvalue weighted by atomic mass is 14.9. The van der Waals surface area contributed by atoms with Gasteiger partial charge in [-0.2, -0.15) is 0 Å². The number of nitrogens with zero attached hydrogens (tertiary/aromatic N) is 1. The molecule has 1 fully saturated rings. The molecular weight excluding hydrogens is 208 g/mol. The molecule has 88 valence electrons. The number of fused-ring (bicyclic) bond motifs is 1. The summed E-state index contributed by atoms with van der Waals surface area (Å²) in [6, 6.07) is 9.48. The Balaban J connectivity index is 1.80. The maximum absolute atomic E-state index is 4.15. The van der Waals surface area contributed by atoms with Gasteiger partial charge in [-0.3, -0.25) is 4.98 Å². The van der Waals surface area contributed by atoms with E-state index in [2.05, 4.69) is 34.6 Å². The monoisotopic (exact) mass is 226 g/mol. The van der Waals surface area contributed by atoms with Gasteiger partial charge in [-0.25, -0.2) is 0 Å². The van der Waals surface area contributed by atoms with Crippen LogP contribution in [0.25, 0.3) is 10.8 Å². The Kier molecular flexibility index (Phi) is 3.06. The van der Waals surface area contributed by atoms with Crippen LogP contribution in [0.2, 0.25) is 0 Å². The molecule has 1 atom stereocenters. The lowest BCUT2D eigenvalue weighted by Gasteiger charge is -2.23. The second kappa shape index (κ2) is 4.84. The molecule has 0 amide bonds. The molecule has 0 bridgehead atoms. The summed E-state index contributed by atoms with van der Waals surface area (Å²) in [7, 11) is 0. The fourth-order valence-corrected chi connectivity index (χ4v) is 2.64. The van der Waals surface area contributed by atoms with Crippen molar-refractivity contribution in [3.8, 4) is 0 Å². The molecule has 1 unspecified atom stereocenters. The number of nitrogens with one attached hydrogen (secondary N) is 1. The first-order valence-corrected chi connectivity index (χ1v) is 6.48. The number of benzene rings is 1. The van der Waals surface area contributed by atoms with Crippen LogP contribution in [0.1, 0.15) is 24.8 Å². The maximum atomic E-state index is 4.15. The van der Waals surface area contributed by atoms with Gasteiger partial charge in [-0.1, -0.05) is 24.6 Å². The minimum absolute atomic E-state index is 0.669. The highest BCUT2D eigenvalue weighted by Crippen LogP contribution is 2.18. The van der Waals surface area contributed by atoms with E-state index in [-0.39, 0.29) is 0 Å². The van der Waals surface area contributed by atoms with Crippen LogP contribution in [0, 0.1) is 0 Å². The molecule has 1 aromatic heterocycles. The lowest BCUT2D eigenvalue weighted by atomic mass is 9.97. The number of hydrogen-bond acceptors (Lipinski definition) is 2. The summed E-state index contributed by atoms with van der Waals surface area (Å²) in [5.41, 5.74) is 1.43. The third-order valence-corrected chi connectivity index (χ3v) is 3.60. The van der Waals surface area contributed by atoms with Crippen molar-refractivity contribution in [1.29, 1.82) is 0 Å². The topological polar surface area (TPSA) is 24.9 Å². The van der Waals surface area contributed by atoms with Crippen LogP contribution in [0.5, 0.6) is 0 Å². The molecule has 2 nitrogen and oxygen atoms in total. The van der Waals surface area contributed by atoms with E-state index in [9.17, 15) is 0 Å². The zero-order chi connectivity index (χ0) is 11.5. The van der Waals surface area contributed by atoms with Crippen molar-refractivity contribution in [3.05, 3.63) is 42.2 Å². The first kappa shape index (κ1) is 10.7. The molecule has 1 aliphatic rings. The highest BCUT2D eigenvalue weighted by Gasteiger charge is 2.12. The smallest absolute Gasteiger partial charge is 0.0346 e. The van der Waals surface area contributed by atoms with E-state index in [4.69, 9.17) is 0 Å². The molecule has 17 heavy (non-hydrogen) atoms. The van der Waals surface area contributed by atoms with Crippen molar-refractivity contribution in [2.24, 2.45) is 0 Å². The van der Waals surface area contributed by atoms with E-state index >= 15 is 0 Å². The SMILES string of the molecule is c1cc2cc(CC3CCCCN3)ccc2cn1. The van der Waals surface area contributed by atoms with Gasteiger partial charge in [0.1, 0.15) is 0 Å². The van der Waals surface area contributed by atoms with E-state index in [1.807, 2.05) is 12.4 Å². The Hall–Kier alpha value is -1.41. The van der Waals surface area contributed by atoms with Crippen LogP contribution >= 0.6 is 0 Å². The molecule has 1 saturated heterocycles. The second-order valence-electron chi connectivity index (χ2n) is 4.91. The Morgan fingerprint density at radius 3 is 3.06 bits per heavy atom. The summed E-state index contributed by atoms with van der Waals surface area (Å²) in [4.78, 5) is 4.15. The minimum Gasteiger partial charge on any atom is -0.314 e. The van der Waals surface area contributed by atoms with Gasteiger partial charge in [0.25, 0.3) is 0 Å². The minimum atomic E-state index is 0.669. The van der Waals surface area contributed by atoms with Crippen molar-refractivity contribution in [3.63, 3.8) is 0 Å². The first-order valence-electron chi connectivity index (χ1n) is 6.48. The summed E-state index contributed by atoms with van der Waals surface area (Å²) in [5.74, 6) is 0. The normalized spacial score (nSPS) is 20.6.